The van der Waals surface area contributed by atoms with Crippen molar-refractivity contribution in [2.45, 2.75) is 18.9 Å². The molecule has 0 radical (unpaired) electrons. The molecule has 1 fully saturated rings. The first-order valence-electron chi connectivity index (χ1n) is 5.69. The molecule has 1 aliphatic heterocycles. The van der Waals surface area contributed by atoms with Crippen molar-refractivity contribution in [3.63, 3.8) is 0 Å². The predicted molar refractivity (Wildman–Crippen MR) is 71.7 cm³/mol. The summed E-state index contributed by atoms with van der Waals surface area (Å²) in [5.74, 6) is 8.07. The summed E-state index contributed by atoms with van der Waals surface area (Å²) in [5, 5.41) is 0.482. The van der Waals surface area contributed by atoms with Gasteiger partial charge in [0.15, 0.2) is 0 Å². The van der Waals surface area contributed by atoms with Crippen molar-refractivity contribution in [3.05, 3.63) is 34.6 Å². The molecular weight excluding hydrogens is 259 g/mol. The van der Waals surface area contributed by atoms with Crippen molar-refractivity contribution in [3.8, 4) is 0 Å². The Labute approximate surface area is 110 Å². The highest BCUT2D eigenvalue weighted by Gasteiger charge is 2.26. The lowest BCUT2D eigenvalue weighted by Gasteiger charge is -2.22. The zero-order valence-electron chi connectivity index (χ0n) is 9.46. The number of halogens is 2. The Hall–Kier alpha value is -0.290. The molecule has 2 rings (SSSR count). The lowest BCUT2D eigenvalue weighted by Crippen LogP contribution is -2.42. The fourth-order valence-electron chi connectivity index (χ4n) is 2.18. The normalized spacial score (nSPS) is 21.7. The van der Waals surface area contributed by atoms with Gasteiger partial charge in [-0.15, -0.1) is 0 Å². The zero-order chi connectivity index (χ0) is 12.3. The minimum atomic E-state index is -0.247. The van der Waals surface area contributed by atoms with E-state index >= 15 is 0 Å². The van der Waals surface area contributed by atoms with Crippen LogP contribution in [0, 0.1) is 11.7 Å². The van der Waals surface area contributed by atoms with E-state index in [9.17, 15) is 4.39 Å². The standard InChI is InChI=1S/C12H16ClFN2S/c13-10-2-1-3-11(14)9(10)6-12(16-15)8-4-5-17-7-8/h1-3,8,12,16H,4-7,15H2. The van der Waals surface area contributed by atoms with Crippen LogP contribution in [0.5, 0.6) is 0 Å². The number of rotatable bonds is 4. The average Bonchev–Trinajstić information content (AvgIpc) is 2.82. The quantitative estimate of drug-likeness (QED) is 0.655. The van der Waals surface area contributed by atoms with Gasteiger partial charge in [-0.3, -0.25) is 11.3 Å². The molecule has 0 amide bonds. The maximum Gasteiger partial charge on any atom is 0.127 e. The molecule has 0 aliphatic carbocycles. The minimum absolute atomic E-state index is 0.0967. The highest BCUT2D eigenvalue weighted by Crippen LogP contribution is 2.29. The van der Waals surface area contributed by atoms with E-state index in [-0.39, 0.29) is 11.9 Å². The Morgan fingerprint density at radius 1 is 1.59 bits per heavy atom. The Morgan fingerprint density at radius 3 is 3.00 bits per heavy atom. The summed E-state index contributed by atoms with van der Waals surface area (Å²) in [7, 11) is 0. The molecule has 17 heavy (non-hydrogen) atoms. The van der Waals surface area contributed by atoms with Gasteiger partial charge >= 0.3 is 0 Å². The van der Waals surface area contributed by atoms with Crippen LogP contribution >= 0.6 is 23.4 Å². The topological polar surface area (TPSA) is 38.0 Å². The molecule has 1 saturated heterocycles. The summed E-state index contributed by atoms with van der Waals surface area (Å²) in [6.07, 6.45) is 1.68. The van der Waals surface area contributed by atoms with E-state index in [0.717, 1.165) is 17.9 Å². The van der Waals surface area contributed by atoms with Crippen LogP contribution in [-0.2, 0) is 6.42 Å². The van der Waals surface area contributed by atoms with Crippen molar-refractivity contribution in [1.82, 2.24) is 5.43 Å². The molecule has 0 bridgehead atoms. The van der Waals surface area contributed by atoms with E-state index in [0.29, 0.717) is 22.9 Å². The Kier molecular flexibility index (Phi) is 4.68. The lowest BCUT2D eigenvalue weighted by molar-refractivity contribution is 0.382. The van der Waals surface area contributed by atoms with E-state index < -0.39 is 0 Å². The van der Waals surface area contributed by atoms with Crippen molar-refractivity contribution in [2.75, 3.05) is 11.5 Å². The molecule has 1 aromatic rings. The fourth-order valence-corrected chi connectivity index (χ4v) is 3.76. The third-order valence-electron chi connectivity index (χ3n) is 3.23. The van der Waals surface area contributed by atoms with Gasteiger partial charge in [-0.1, -0.05) is 17.7 Å². The second-order valence-electron chi connectivity index (χ2n) is 4.30. The second-order valence-corrected chi connectivity index (χ2v) is 5.86. The number of nitrogens with one attached hydrogen (secondary N) is 1. The SMILES string of the molecule is NNC(Cc1c(F)cccc1Cl)C1CCSC1. The monoisotopic (exact) mass is 274 g/mol. The Bertz CT molecular complexity index is 363. The van der Waals surface area contributed by atoms with Gasteiger partial charge in [0.25, 0.3) is 0 Å². The second kappa shape index (κ2) is 6.05. The van der Waals surface area contributed by atoms with E-state index in [1.165, 1.54) is 6.07 Å². The summed E-state index contributed by atoms with van der Waals surface area (Å²) in [6, 6.07) is 4.88. The number of benzene rings is 1. The highest BCUT2D eigenvalue weighted by molar-refractivity contribution is 7.99. The molecule has 1 aromatic carbocycles. The number of thioether (sulfide) groups is 1. The van der Waals surface area contributed by atoms with E-state index in [4.69, 9.17) is 17.4 Å². The number of nitrogens with two attached hydrogens (primary N) is 1. The first-order chi connectivity index (χ1) is 8.22. The molecule has 2 unspecified atom stereocenters. The molecule has 1 heterocycles. The largest absolute Gasteiger partial charge is 0.271 e. The molecule has 1 aliphatic rings. The van der Waals surface area contributed by atoms with Crippen LogP contribution in [0.1, 0.15) is 12.0 Å². The van der Waals surface area contributed by atoms with Gasteiger partial charge in [0.1, 0.15) is 5.82 Å². The molecule has 0 spiro atoms. The minimum Gasteiger partial charge on any atom is -0.271 e. The average molecular weight is 275 g/mol. The van der Waals surface area contributed by atoms with Crippen molar-refractivity contribution < 1.29 is 4.39 Å². The Balaban J connectivity index is 2.12. The smallest absolute Gasteiger partial charge is 0.127 e. The molecule has 5 heteroatoms. The third-order valence-corrected chi connectivity index (χ3v) is 4.78. The van der Waals surface area contributed by atoms with Gasteiger partial charge in [0.05, 0.1) is 0 Å². The Morgan fingerprint density at radius 2 is 2.41 bits per heavy atom. The maximum absolute atomic E-state index is 13.7. The van der Waals surface area contributed by atoms with Crippen LogP contribution in [0.3, 0.4) is 0 Å². The first kappa shape index (κ1) is 13.1. The molecule has 94 valence electrons. The number of hydrazine groups is 1. The van der Waals surface area contributed by atoms with Crippen molar-refractivity contribution >= 4 is 23.4 Å². The summed E-state index contributed by atoms with van der Waals surface area (Å²) >= 11 is 7.95. The number of hydrogen-bond donors (Lipinski definition) is 2. The molecule has 2 nitrogen and oxygen atoms in total. The van der Waals surface area contributed by atoms with Gasteiger partial charge in [-0.05, 0) is 42.4 Å². The van der Waals surface area contributed by atoms with E-state index in [1.54, 1.807) is 12.1 Å². The van der Waals surface area contributed by atoms with Crippen LogP contribution in [-0.4, -0.2) is 17.5 Å². The summed E-state index contributed by atoms with van der Waals surface area (Å²) in [4.78, 5) is 0. The lowest BCUT2D eigenvalue weighted by atomic mass is 9.93. The maximum atomic E-state index is 13.7. The van der Waals surface area contributed by atoms with Crippen LogP contribution in [0.2, 0.25) is 5.02 Å². The fraction of sp³-hybridized carbons (Fsp3) is 0.500. The molecule has 3 N–H and O–H groups in total. The summed E-state index contributed by atoms with van der Waals surface area (Å²) in [6.45, 7) is 0. The van der Waals surface area contributed by atoms with Gasteiger partial charge in [-0.25, -0.2) is 4.39 Å². The zero-order valence-corrected chi connectivity index (χ0v) is 11.0. The predicted octanol–water partition coefficient (Wildman–Crippen LogP) is 2.61. The van der Waals surface area contributed by atoms with Gasteiger partial charge < -0.3 is 0 Å². The highest BCUT2D eigenvalue weighted by atomic mass is 35.5. The van der Waals surface area contributed by atoms with Gasteiger partial charge in [-0.2, -0.15) is 11.8 Å². The third kappa shape index (κ3) is 3.13. The summed E-state index contributed by atoms with van der Waals surface area (Å²) < 4.78 is 13.7. The van der Waals surface area contributed by atoms with Crippen LogP contribution in [0.15, 0.2) is 18.2 Å². The molecule has 0 aromatic heterocycles. The molecule has 2 atom stereocenters. The van der Waals surface area contributed by atoms with Crippen molar-refractivity contribution in [1.29, 1.82) is 0 Å². The molecule has 0 saturated carbocycles. The molecular formula is C12H16ClFN2S. The first-order valence-corrected chi connectivity index (χ1v) is 7.22. The van der Waals surface area contributed by atoms with Gasteiger partial charge in [0.2, 0.25) is 0 Å². The van der Waals surface area contributed by atoms with Crippen LogP contribution < -0.4 is 11.3 Å². The number of hydrogen-bond acceptors (Lipinski definition) is 3. The van der Waals surface area contributed by atoms with Crippen LogP contribution in [0.25, 0.3) is 0 Å². The van der Waals surface area contributed by atoms with Crippen LogP contribution in [0.4, 0.5) is 4.39 Å². The van der Waals surface area contributed by atoms with Crippen molar-refractivity contribution in [2.24, 2.45) is 11.8 Å². The van der Waals surface area contributed by atoms with E-state index in [1.807, 2.05) is 11.8 Å². The van der Waals surface area contributed by atoms with Gasteiger partial charge in [0, 0.05) is 16.6 Å². The van der Waals surface area contributed by atoms with E-state index in [2.05, 4.69) is 5.43 Å². The summed E-state index contributed by atoms with van der Waals surface area (Å²) in [5.41, 5.74) is 3.37.